The minimum Gasteiger partial charge on any atom is -0.385 e. The van der Waals surface area contributed by atoms with Crippen LogP contribution in [0.2, 0.25) is 0 Å². The van der Waals surface area contributed by atoms with Crippen molar-refractivity contribution in [2.75, 3.05) is 26.8 Å². The Morgan fingerprint density at radius 1 is 1.26 bits per heavy atom. The summed E-state index contributed by atoms with van der Waals surface area (Å²) in [6.07, 6.45) is 2.64. The number of benzene rings is 1. The molecule has 1 aromatic heterocycles. The molecule has 7 heteroatoms. The molecule has 0 amide bonds. The van der Waals surface area contributed by atoms with Gasteiger partial charge in [-0.2, -0.15) is 0 Å². The lowest BCUT2D eigenvalue weighted by Crippen LogP contribution is -2.38. The van der Waals surface area contributed by atoms with E-state index in [1.165, 1.54) is 0 Å². The highest BCUT2D eigenvalue weighted by Crippen LogP contribution is 2.09. The highest BCUT2D eigenvalue weighted by molar-refractivity contribution is 5.79. The summed E-state index contributed by atoms with van der Waals surface area (Å²) in [5.41, 5.74) is 1.03. The molecule has 0 bridgehead atoms. The SMILES string of the molecule is CCNC(=NCc1nncn1-c1ccccc1)NCCCOC. The van der Waals surface area contributed by atoms with Gasteiger partial charge in [0.15, 0.2) is 11.8 Å². The number of methoxy groups -OCH3 is 1. The lowest BCUT2D eigenvalue weighted by molar-refractivity contribution is 0.195. The van der Waals surface area contributed by atoms with Gasteiger partial charge in [0.2, 0.25) is 0 Å². The van der Waals surface area contributed by atoms with Gasteiger partial charge in [0.25, 0.3) is 0 Å². The summed E-state index contributed by atoms with van der Waals surface area (Å²) in [4.78, 5) is 4.57. The van der Waals surface area contributed by atoms with Gasteiger partial charge in [0, 0.05) is 32.5 Å². The number of ether oxygens (including phenoxy) is 1. The topological polar surface area (TPSA) is 76.4 Å². The molecule has 2 rings (SSSR count). The van der Waals surface area contributed by atoms with Crippen LogP contribution in [0.5, 0.6) is 0 Å². The van der Waals surface area contributed by atoms with Gasteiger partial charge >= 0.3 is 0 Å². The van der Waals surface area contributed by atoms with Crippen LogP contribution in [-0.4, -0.2) is 47.5 Å². The van der Waals surface area contributed by atoms with Crippen molar-refractivity contribution in [2.45, 2.75) is 19.9 Å². The number of aliphatic imine (C=N–C) groups is 1. The number of hydrogen-bond acceptors (Lipinski definition) is 4. The molecule has 0 aliphatic rings. The second-order valence-electron chi connectivity index (χ2n) is 4.92. The lowest BCUT2D eigenvalue weighted by atomic mass is 10.3. The number of nitrogens with one attached hydrogen (secondary N) is 2. The fraction of sp³-hybridized carbons (Fsp3) is 0.438. The minimum atomic E-state index is 0.453. The fourth-order valence-corrected chi connectivity index (χ4v) is 2.09. The Morgan fingerprint density at radius 2 is 2.09 bits per heavy atom. The summed E-state index contributed by atoms with van der Waals surface area (Å²) >= 11 is 0. The zero-order chi connectivity index (χ0) is 16.3. The van der Waals surface area contributed by atoms with E-state index in [4.69, 9.17) is 4.74 Å². The van der Waals surface area contributed by atoms with E-state index in [0.29, 0.717) is 6.54 Å². The van der Waals surface area contributed by atoms with E-state index in [0.717, 1.165) is 43.6 Å². The van der Waals surface area contributed by atoms with Crippen LogP contribution in [0.4, 0.5) is 0 Å². The summed E-state index contributed by atoms with van der Waals surface area (Å²) in [5.74, 6) is 1.57. The highest BCUT2D eigenvalue weighted by atomic mass is 16.5. The second kappa shape index (κ2) is 9.58. The molecule has 0 fully saturated rings. The molecule has 0 unspecified atom stereocenters. The van der Waals surface area contributed by atoms with Crippen LogP contribution in [0.1, 0.15) is 19.2 Å². The van der Waals surface area contributed by atoms with Gasteiger partial charge in [-0.15, -0.1) is 10.2 Å². The van der Waals surface area contributed by atoms with Crippen molar-refractivity contribution in [2.24, 2.45) is 4.99 Å². The number of guanidine groups is 1. The van der Waals surface area contributed by atoms with Gasteiger partial charge in [-0.25, -0.2) is 4.99 Å². The Labute approximate surface area is 136 Å². The maximum Gasteiger partial charge on any atom is 0.191 e. The van der Waals surface area contributed by atoms with E-state index < -0.39 is 0 Å². The normalized spacial score (nSPS) is 11.5. The van der Waals surface area contributed by atoms with Gasteiger partial charge in [-0.3, -0.25) is 4.57 Å². The molecule has 2 aromatic rings. The molecular weight excluding hydrogens is 292 g/mol. The summed E-state index contributed by atoms with van der Waals surface area (Å²) in [6, 6.07) is 10.0. The molecule has 0 aliphatic carbocycles. The first kappa shape index (κ1) is 17.0. The molecule has 1 heterocycles. The number of rotatable bonds is 8. The van der Waals surface area contributed by atoms with Gasteiger partial charge in [-0.1, -0.05) is 18.2 Å². The Balaban J connectivity index is 2.01. The molecule has 0 saturated heterocycles. The molecule has 124 valence electrons. The fourth-order valence-electron chi connectivity index (χ4n) is 2.09. The standard InChI is InChI=1S/C16H24N6O/c1-3-17-16(18-10-7-11-23-2)19-12-15-21-20-13-22(15)14-8-5-4-6-9-14/h4-6,8-9,13H,3,7,10-12H2,1-2H3,(H2,17,18,19). The molecule has 7 nitrogen and oxygen atoms in total. The summed E-state index contributed by atoms with van der Waals surface area (Å²) in [7, 11) is 1.70. The Hall–Kier alpha value is -2.41. The van der Waals surface area contributed by atoms with Gasteiger partial charge in [0.1, 0.15) is 12.9 Å². The maximum absolute atomic E-state index is 5.05. The molecular formula is C16H24N6O. The van der Waals surface area contributed by atoms with E-state index >= 15 is 0 Å². The monoisotopic (exact) mass is 316 g/mol. The van der Waals surface area contributed by atoms with Crippen LogP contribution in [0, 0.1) is 0 Å². The quantitative estimate of drug-likeness (QED) is 0.437. The predicted molar refractivity (Wildman–Crippen MR) is 90.7 cm³/mol. The van der Waals surface area contributed by atoms with Crippen LogP contribution in [0.15, 0.2) is 41.7 Å². The minimum absolute atomic E-state index is 0.453. The smallest absolute Gasteiger partial charge is 0.191 e. The zero-order valence-corrected chi connectivity index (χ0v) is 13.7. The maximum atomic E-state index is 5.05. The highest BCUT2D eigenvalue weighted by Gasteiger charge is 2.06. The van der Waals surface area contributed by atoms with Crippen LogP contribution >= 0.6 is 0 Å². The van der Waals surface area contributed by atoms with E-state index in [1.54, 1.807) is 13.4 Å². The van der Waals surface area contributed by atoms with Crippen LogP contribution in [0.25, 0.3) is 5.69 Å². The number of nitrogens with zero attached hydrogens (tertiary/aromatic N) is 4. The molecule has 0 atom stereocenters. The van der Waals surface area contributed by atoms with Crippen molar-refractivity contribution in [1.29, 1.82) is 0 Å². The van der Waals surface area contributed by atoms with Crippen molar-refractivity contribution in [3.05, 3.63) is 42.5 Å². The first-order valence-corrected chi connectivity index (χ1v) is 7.80. The van der Waals surface area contributed by atoms with Crippen molar-refractivity contribution in [3.8, 4) is 5.69 Å². The Morgan fingerprint density at radius 3 is 2.83 bits per heavy atom. The van der Waals surface area contributed by atoms with Gasteiger partial charge in [0.05, 0.1) is 0 Å². The zero-order valence-electron chi connectivity index (χ0n) is 13.7. The average molecular weight is 316 g/mol. The third kappa shape index (κ3) is 5.37. The van der Waals surface area contributed by atoms with Gasteiger partial charge in [-0.05, 0) is 25.5 Å². The van der Waals surface area contributed by atoms with Crippen molar-refractivity contribution in [3.63, 3.8) is 0 Å². The van der Waals surface area contributed by atoms with E-state index in [2.05, 4.69) is 25.8 Å². The number of hydrogen-bond donors (Lipinski definition) is 2. The van der Waals surface area contributed by atoms with Crippen molar-refractivity contribution < 1.29 is 4.74 Å². The van der Waals surface area contributed by atoms with E-state index in [-0.39, 0.29) is 0 Å². The predicted octanol–water partition coefficient (Wildman–Crippen LogP) is 1.36. The largest absolute Gasteiger partial charge is 0.385 e. The number of para-hydroxylation sites is 1. The van der Waals surface area contributed by atoms with Gasteiger partial charge < -0.3 is 15.4 Å². The number of aromatic nitrogens is 3. The van der Waals surface area contributed by atoms with Crippen LogP contribution < -0.4 is 10.6 Å². The molecule has 0 spiro atoms. The van der Waals surface area contributed by atoms with Crippen LogP contribution in [0.3, 0.4) is 0 Å². The summed E-state index contributed by atoms with van der Waals surface area (Å²) in [6.45, 7) is 4.84. The van der Waals surface area contributed by atoms with Crippen molar-refractivity contribution >= 4 is 5.96 Å². The summed E-state index contributed by atoms with van der Waals surface area (Å²) in [5, 5.41) is 14.7. The third-order valence-electron chi connectivity index (χ3n) is 3.19. The van der Waals surface area contributed by atoms with Crippen molar-refractivity contribution in [1.82, 2.24) is 25.4 Å². The van der Waals surface area contributed by atoms with Crippen LogP contribution in [-0.2, 0) is 11.3 Å². The molecule has 0 radical (unpaired) electrons. The van der Waals surface area contributed by atoms with E-state index in [9.17, 15) is 0 Å². The van der Waals surface area contributed by atoms with E-state index in [1.807, 2.05) is 41.8 Å². The molecule has 1 aromatic carbocycles. The first-order chi connectivity index (χ1) is 11.3. The lowest BCUT2D eigenvalue weighted by Gasteiger charge is -2.11. The first-order valence-electron chi connectivity index (χ1n) is 7.80. The molecule has 2 N–H and O–H groups in total. The second-order valence-corrected chi connectivity index (χ2v) is 4.92. The Bertz CT molecular complexity index is 596. The average Bonchev–Trinajstić information content (AvgIpc) is 3.06. The third-order valence-corrected chi connectivity index (χ3v) is 3.19. The Kier molecular flexibility index (Phi) is 7.06. The summed E-state index contributed by atoms with van der Waals surface area (Å²) < 4.78 is 6.99. The molecule has 0 aliphatic heterocycles. The molecule has 0 saturated carbocycles. The molecule has 23 heavy (non-hydrogen) atoms.